The van der Waals surface area contributed by atoms with Gasteiger partial charge in [0.1, 0.15) is 12.3 Å². The van der Waals surface area contributed by atoms with E-state index in [1.54, 1.807) is 11.4 Å². The fraction of sp³-hybridized carbons (Fsp3) is 0.500. The third-order valence-corrected chi connectivity index (χ3v) is 2.64. The van der Waals surface area contributed by atoms with Crippen molar-refractivity contribution < 1.29 is 22.7 Å². The molecule has 0 radical (unpaired) electrons. The van der Waals surface area contributed by atoms with E-state index in [0.717, 1.165) is 11.1 Å². The molecule has 1 amide bonds. The van der Waals surface area contributed by atoms with Gasteiger partial charge < -0.3 is 10.1 Å². The number of carbonyl (C=O) groups excluding carboxylic acids is 1. The predicted molar refractivity (Wildman–Crippen MR) is 69.8 cm³/mol. The number of benzene rings is 1. The van der Waals surface area contributed by atoms with Gasteiger partial charge in [-0.25, -0.2) is 0 Å². The van der Waals surface area contributed by atoms with Gasteiger partial charge in [0, 0.05) is 0 Å². The van der Waals surface area contributed by atoms with Gasteiger partial charge in [-0.3, -0.25) is 4.79 Å². The summed E-state index contributed by atoms with van der Waals surface area (Å²) in [5.41, 5.74) is 1.87. The molecule has 0 heterocycles. The van der Waals surface area contributed by atoms with Crippen molar-refractivity contribution in [2.24, 2.45) is 0 Å². The molecule has 3 nitrogen and oxygen atoms in total. The van der Waals surface area contributed by atoms with E-state index in [0.29, 0.717) is 5.75 Å². The molecule has 0 saturated heterocycles. The number of hydrogen-bond acceptors (Lipinski definition) is 2. The normalized spacial score (nSPS) is 11.6. The number of amides is 1. The average molecular weight is 289 g/mol. The summed E-state index contributed by atoms with van der Waals surface area (Å²) in [6, 6.07) is 5.58. The van der Waals surface area contributed by atoms with Crippen molar-refractivity contribution in [3.63, 3.8) is 0 Å². The maximum absolute atomic E-state index is 11.9. The number of halogens is 3. The van der Waals surface area contributed by atoms with E-state index in [1.165, 1.54) is 0 Å². The van der Waals surface area contributed by atoms with E-state index in [9.17, 15) is 18.0 Å². The molecule has 1 aromatic carbocycles. The van der Waals surface area contributed by atoms with Crippen LogP contribution in [-0.2, 0) is 4.79 Å². The number of ether oxygens (including phenoxy) is 1. The largest absolute Gasteiger partial charge is 0.483 e. The van der Waals surface area contributed by atoms with Crippen LogP contribution in [0.5, 0.6) is 5.75 Å². The van der Waals surface area contributed by atoms with Crippen LogP contribution in [0.4, 0.5) is 13.2 Å². The second kappa shape index (κ2) is 6.63. The minimum atomic E-state index is -4.41. The van der Waals surface area contributed by atoms with Gasteiger partial charge in [-0.15, -0.1) is 0 Å². The molecular formula is C14H18F3NO2. The minimum absolute atomic E-state index is 0.198. The van der Waals surface area contributed by atoms with Gasteiger partial charge in [-0.05, 0) is 30.0 Å². The van der Waals surface area contributed by atoms with Crippen LogP contribution in [0.25, 0.3) is 0 Å². The van der Waals surface area contributed by atoms with Crippen LogP contribution in [0.1, 0.15) is 30.9 Å². The van der Waals surface area contributed by atoms with Crippen LogP contribution in [0.2, 0.25) is 0 Å². The van der Waals surface area contributed by atoms with Crippen LogP contribution in [-0.4, -0.2) is 25.2 Å². The van der Waals surface area contributed by atoms with E-state index in [2.05, 4.69) is 0 Å². The predicted octanol–water partition coefficient (Wildman–Crippen LogP) is 3.18. The second-order valence-corrected chi connectivity index (χ2v) is 4.88. The van der Waals surface area contributed by atoms with Gasteiger partial charge in [0.15, 0.2) is 6.61 Å². The third kappa shape index (κ3) is 5.50. The Bertz CT molecular complexity index is 470. The third-order valence-electron chi connectivity index (χ3n) is 2.64. The maximum atomic E-state index is 11.9. The molecule has 0 aliphatic heterocycles. The number of aryl methyl sites for hydroxylation is 1. The molecule has 0 atom stereocenters. The first-order valence-electron chi connectivity index (χ1n) is 6.26. The van der Waals surface area contributed by atoms with E-state index < -0.39 is 25.2 Å². The van der Waals surface area contributed by atoms with Crippen molar-refractivity contribution >= 4 is 5.91 Å². The van der Waals surface area contributed by atoms with Crippen LogP contribution >= 0.6 is 0 Å². The van der Waals surface area contributed by atoms with Gasteiger partial charge in [0.25, 0.3) is 5.91 Å². The molecule has 0 aliphatic carbocycles. The summed E-state index contributed by atoms with van der Waals surface area (Å²) in [7, 11) is 0. The van der Waals surface area contributed by atoms with Gasteiger partial charge in [-0.1, -0.05) is 26.0 Å². The smallest absolute Gasteiger partial charge is 0.405 e. The minimum Gasteiger partial charge on any atom is -0.483 e. The van der Waals surface area contributed by atoms with Crippen molar-refractivity contribution in [2.45, 2.75) is 32.9 Å². The van der Waals surface area contributed by atoms with Gasteiger partial charge in [-0.2, -0.15) is 13.2 Å². The summed E-state index contributed by atoms with van der Waals surface area (Å²) >= 11 is 0. The lowest BCUT2D eigenvalue weighted by atomic mass is 10.0. The molecule has 0 spiro atoms. The summed E-state index contributed by atoms with van der Waals surface area (Å²) in [6.45, 7) is 4.04. The highest BCUT2D eigenvalue weighted by atomic mass is 19.4. The molecule has 1 rings (SSSR count). The monoisotopic (exact) mass is 289 g/mol. The van der Waals surface area contributed by atoms with Crippen molar-refractivity contribution in [3.8, 4) is 5.75 Å². The fourth-order valence-corrected chi connectivity index (χ4v) is 1.64. The quantitative estimate of drug-likeness (QED) is 0.904. The summed E-state index contributed by atoms with van der Waals surface area (Å²) in [4.78, 5) is 11.3. The first-order chi connectivity index (χ1) is 9.19. The first kappa shape index (κ1) is 16.3. The lowest BCUT2D eigenvalue weighted by Crippen LogP contribution is -2.36. The molecular weight excluding hydrogens is 271 g/mol. The molecule has 20 heavy (non-hydrogen) atoms. The molecule has 0 fully saturated rings. The lowest BCUT2D eigenvalue weighted by molar-refractivity contribution is -0.139. The molecule has 112 valence electrons. The highest BCUT2D eigenvalue weighted by Gasteiger charge is 2.27. The molecule has 1 N–H and O–H groups in total. The molecule has 0 aliphatic rings. The Kier molecular flexibility index (Phi) is 5.42. The van der Waals surface area contributed by atoms with E-state index in [4.69, 9.17) is 4.74 Å². The summed E-state index contributed by atoms with van der Waals surface area (Å²) in [5.74, 6) is -0.0652. The number of carbonyl (C=O) groups is 1. The Labute approximate surface area is 116 Å². The van der Waals surface area contributed by atoms with Gasteiger partial charge in [0.2, 0.25) is 0 Å². The fourth-order valence-electron chi connectivity index (χ4n) is 1.64. The Morgan fingerprint density at radius 1 is 1.35 bits per heavy atom. The van der Waals surface area contributed by atoms with Gasteiger partial charge in [0.05, 0.1) is 0 Å². The molecule has 0 saturated carbocycles. The zero-order valence-electron chi connectivity index (χ0n) is 11.7. The van der Waals surface area contributed by atoms with Crippen molar-refractivity contribution in [1.29, 1.82) is 0 Å². The molecule has 0 aromatic heterocycles. The SMILES string of the molecule is Cc1ccc(C(C)C)c(OCC(=O)NCC(F)(F)F)c1. The molecule has 0 bridgehead atoms. The number of nitrogens with one attached hydrogen (secondary N) is 1. The molecule has 1 aromatic rings. The van der Waals surface area contributed by atoms with Crippen LogP contribution in [0, 0.1) is 6.92 Å². The second-order valence-electron chi connectivity index (χ2n) is 4.88. The summed E-state index contributed by atoms with van der Waals surface area (Å²) in [5, 5.41) is 1.77. The Morgan fingerprint density at radius 2 is 2.00 bits per heavy atom. The Morgan fingerprint density at radius 3 is 2.55 bits per heavy atom. The van der Waals surface area contributed by atoms with Crippen molar-refractivity contribution in [1.82, 2.24) is 5.32 Å². The van der Waals surface area contributed by atoms with Crippen LogP contribution < -0.4 is 10.1 Å². The van der Waals surface area contributed by atoms with Gasteiger partial charge >= 0.3 is 6.18 Å². The van der Waals surface area contributed by atoms with E-state index in [-0.39, 0.29) is 5.92 Å². The zero-order valence-corrected chi connectivity index (χ0v) is 11.7. The van der Waals surface area contributed by atoms with Crippen LogP contribution in [0.3, 0.4) is 0 Å². The maximum Gasteiger partial charge on any atom is 0.405 e. The zero-order chi connectivity index (χ0) is 15.3. The number of hydrogen-bond donors (Lipinski definition) is 1. The first-order valence-corrected chi connectivity index (χ1v) is 6.26. The highest BCUT2D eigenvalue weighted by molar-refractivity contribution is 5.77. The Balaban J connectivity index is 2.61. The summed E-state index contributed by atoms with van der Waals surface area (Å²) in [6.07, 6.45) is -4.41. The molecule has 0 unspecified atom stereocenters. The van der Waals surface area contributed by atoms with Crippen LogP contribution in [0.15, 0.2) is 18.2 Å². The lowest BCUT2D eigenvalue weighted by Gasteiger charge is -2.15. The van der Waals surface area contributed by atoms with Crippen molar-refractivity contribution in [3.05, 3.63) is 29.3 Å². The summed E-state index contributed by atoms with van der Waals surface area (Å²) < 4.78 is 41.2. The average Bonchev–Trinajstić information content (AvgIpc) is 2.32. The van der Waals surface area contributed by atoms with E-state index >= 15 is 0 Å². The number of rotatable bonds is 5. The highest BCUT2D eigenvalue weighted by Crippen LogP contribution is 2.27. The van der Waals surface area contributed by atoms with E-state index in [1.807, 2.05) is 32.9 Å². The standard InChI is InChI=1S/C14H18F3NO2/c1-9(2)11-5-4-10(3)6-12(11)20-7-13(19)18-8-14(15,16)17/h4-6,9H,7-8H2,1-3H3,(H,18,19). The topological polar surface area (TPSA) is 38.3 Å². The Hall–Kier alpha value is -1.72. The molecule has 6 heteroatoms. The van der Waals surface area contributed by atoms with Crippen molar-refractivity contribution in [2.75, 3.05) is 13.2 Å². The number of alkyl halides is 3.